The second kappa shape index (κ2) is 10.8. The zero-order chi connectivity index (χ0) is 14.0. The summed E-state index contributed by atoms with van der Waals surface area (Å²) in [6.45, 7) is 12.7. The molecule has 1 N–H and O–H groups in total. The molecule has 0 saturated carbocycles. The predicted molar refractivity (Wildman–Crippen MR) is 83.2 cm³/mol. The van der Waals surface area contributed by atoms with Crippen molar-refractivity contribution in [3.8, 4) is 0 Å². The third-order valence-corrected chi connectivity index (χ3v) is 4.06. The van der Waals surface area contributed by atoms with E-state index in [0.29, 0.717) is 18.1 Å². The van der Waals surface area contributed by atoms with Gasteiger partial charge in [-0.05, 0) is 46.2 Å². The summed E-state index contributed by atoms with van der Waals surface area (Å²) in [5.41, 5.74) is 0. The summed E-state index contributed by atoms with van der Waals surface area (Å²) >= 11 is 0. The fourth-order valence-corrected chi connectivity index (χ4v) is 2.88. The summed E-state index contributed by atoms with van der Waals surface area (Å²) < 4.78 is 0. The first-order chi connectivity index (χ1) is 8.62. The van der Waals surface area contributed by atoms with Gasteiger partial charge in [-0.25, -0.2) is 0 Å². The Labute approximate surface area is 116 Å². The highest BCUT2D eigenvalue weighted by molar-refractivity contribution is 4.84. The average molecular weight is 256 g/mol. The number of nitrogens with zero attached hydrogens (tertiary/aromatic N) is 1. The number of rotatable bonds is 11. The van der Waals surface area contributed by atoms with Gasteiger partial charge in [-0.3, -0.25) is 4.90 Å². The van der Waals surface area contributed by atoms with E-state index in [1.807, 2.05) is 0 Å². The van der Waals surface area contributed by atoms with Crippen molar-refractivity contribution in [2.45, 2.75) is 91.3 Å². The summed E-state index contributed by atoms with van der Waals surface area (Å²) in [5.74, 6) is 0. The molecule has 0 spiro atoms. The van der Waals surface area contributed by atoms with Crippen LogP contribution in [0.15, 0.2) is 0 Å². The van der Waals surface area contributed by atoms with E-state index in [-0.39, 0.29) is 0 Å². The fourth-order valence-electron chi connectivity index (χ4n) is 2.88. The Morgan fingerprint density at radius 1 is 0.944 bits per heavy atom. The van der Waals surface area contributed by atoms with Gasteiger partial charge in [-0.1, -0.05) is 40.5 Å². The number of nitrogens with one attached hydrogen (secondary N) is 1. The fraction of sp³-hybridized carbons (Fsp3) is 1.00. The minimum absolute atomic E-state index is 0.657. The molecule has 110 valence electrons. The molecule has 3 unspecified atom stereocenters. The van der Waals surface area contributed by atoms with E-state index in [1.54, 1.807) is 0 Å². The standard InChI is InChI=1S/C16H36N2/c1-7-11-14(5)18(6)16(10-4)15(12-8-2)17-13-9-3/h14-17H,7-13H2,1-6H3. The molecule has 0 aromatic heterocycles. The molecule has 0 aromatic carbocycles. The highest BCUT2D eigenvalue weighted by Crippen LogP contribution is 2.17. The first-order valence-electron chi connectivity index (χ1n) is 8.07. The molecule has 2 heteroatoms. The van der Waals surface area contributed by atoms with Crippen molar-refractivity contribution >= 4 is 0 Å². The Balaban J connectivity index is 4.54. The normalized spacial score (nSPS) is 16.8. The van der Waals surface area contributed by atoms with E-state index in [4.69, 9.17) is 0 Å². The quantitative estimate of drug-likeness (QED) is 0.600. The number of hydrogen-bond donors (Lipinski definition) is 1. The SMILES string of the molecule is CCCNC(CCC)C(CC)N(C)C(C)CCC. The van der Waals surface area contributed by atoms with E-state index in [2.05, 4.69) is 51.9 Å². The average Bonchev–Trinajstić information content (AvgIpc) is 2.36. The number of likely N-dealkylation sites (N-methyl/N-ethyl adjacent to an activating group) is 1. The first kappa shape index (κ1) is 17.9. The van der Waals surface area contributed by atoms with Gasteiger partial charge in [0.1, 0.15) is 0 Å². The van der Waals surface area contributed by atoms with Crippen LogP contribution in [-0.2, 0) is 0 Å². The van der Waals surface area contributed by atoms with Crippen molar-refractivity contribution in [1.82, 2.24) is 10.2 Å². The van der Waals surface area contributed by atoms with Crippen molar-refractivity contribution in [2.75, 3.05) is 13.6 Å². The topological polar surface area (TPSA) is 15.3 Å². The molecule has 3 atom stereocenters. The highest BCUT2D eigenvalue weighted by atomic mass is 15.2. The van der Waals surface area contributed by atoms with Crippen LogP contribution in [0.1, 0.15) is 73.1 Å². The van der Waals surface area contributed by atoms with Crippen LogP contribution in [0.5, 0.6) is 0 Å². The van der Waals surface area contributed by atoms with E-state index < -0.39 is 0 Å². The lowest BCUT2D eigenvalue weighted by atomic mass is 9.97. The van der Waals surface area contributed by atoms with Crippen LogP contribution < -0.4 is 5.32 Å². The minimum atomic E-state index is 0.657. The van der Waals surface area contributed by atoms with E-state index >= 15 is 0 Å². The van der Waals surface area contributed by atoms with Crippen molar-refractivity contribution in [2.24, 2.45) is 0 Å². The van der Waals surface area contributed by atoms with Crippen LogP contribution in [0.25, 0.3) is 0 Å². The zero-order valence-corrected chi connectivity index (χ0v) is 13.6. The second-order valence-corrected chi connectivity index (χ2v) is 5.63. The summed E-state index contributed by atoms with van der Waals surface area (Å²) in [6, 6.07) is 2.03. The van der Waals surface area contributed by atoms with Gasteiger partial charge in [0.25, 0.3) is 0 Å². The highest BCUT2D eigenvalue weighted by Gasteiger charge is 2.25. The maximum atomic E-state index is 3.76. The number of hydrogen-bond acceptors (Lipinski definition) is 2. The molecule has 18 heavy (non-hydrogen) atoms. The second-order valence-electron chi connectivity index (χ2n) is 5.63. The van der Waals surface area contributed by atoms with Gasteiger partial charge in [0.2, 0.25) is 0 Å². The van der Waals surface area contributed by atoms with Crippen molar-refractivity contribution in [3.63, 3.8) is 0 Å². The van der Waals surface area contributed by atoms with Crippen LogP contribution in [0.2, 0.25) is 0 Å². The Bertz CT molecular complexity index is 182. The molecule has 0 aliphatic heterocycles. The first-order valence-corrected chi connectivity index (χ1v) is 8.07. The zero-order valence-electron chi connectivity index (χ0n) is 13.6. The smallest absolute Gasteiger partial charge is 0.0246 e. The van der Waals surface area contributed by atoms with Crippen LogP contribution >= 0.6 is 0 Å². The molecule has 0 fully saturated rings. The van der Waals surface area contributed by atoms with Gasteiger partial charge in [0.15, 0.2) is 0 Å². The molecular formula is C16H36N2. The van der Waals surface area contributed by atoms with Crippen molar-refractivity contribution in [3.05, 3.63) is 0 Å². The molecule has 0 bridgehead atoms. The Kier molecular flexibility index (Phi) is 10.8. The maximum Gasteiger partial charge on any atom is 0.0246 e. The molecule has 0 amide bonds. The molecule has 0 aliphatic carbocycles. The largest absolute Gasteiger partial charge is 0.312 e. The molecule has 0 rings (SSSR count). The van der Waals surface area contributed by atoms with Crippen LogP contribution in [0.3, 0.4) is 0 Å². The minimum Gasteiger partial charge on any atom is -0.312 e. The Hall–Kier alpha value is -0.0800. The van der Waals surface area contributed by atoms with E-state index in [1.165, 1.54) is 38.5 Å². The lowest BCUT2D eigenvalue weighted by Gasteiger charge is -2.38. The maximum absolute atomic E-state index is 3.76. The van der Waals surface area contributed by atoms with Gasteiger partial charge in [-0.15, -0.1) is 0 Å². The van der Waals surface area contributed by atoms with Gasteiger partial charge in [0, 0.05) is 18.1 Å². The molecule has 0 aromatic rings. The van der Waals surface area contributed by atoms with Crippen LogP contribution in [-0.4, -0.2) is 36.6 Å². The Morgan fingerprint density at radius 3 is 2.00 bits per heavy atom. The molecule has 2 nitrogen and oxygen atoms in total. The van der Waals surface area contributed by atoms with E-state index in [9.17, 15) is 0 Å². The molecule has 0 heterocycles. The molecular weight excluding hydrogens is 220 g/mol. The molecule has 0 aliphatic rings. The third kappa shape index (κ3) is 6.19. The molecule has 0 radical (unpaired) electrons. The van der Waals surface area contributed by atoms with Gasteiger partial charge >= 0.3 is 0 Å². The van der Waals surface area contributed by atoms with Gasteiger partial charge in [0.05, 0.1) is 0 Å². The van der Waals surface area contributed by atoms with Crippen LogP contribution in [0, 0.1) is 0 Å². The monoisotopic (exact) mass is 256 g/mol. The van der Waals surface area contributed by atoms with Crippen LogP contribution in [0.4, 0.5) is 0 Å². The predicted octanol–water partition coefficient (Wildman–Crippen LogP) is 4.05. The third-order valence-electron chi connectivity index (χ3n) is 4.06. The summed E-state index contributed by atoms with van der Waals surface area (Å²) in [4.78, 5) is 2.60. The molecule has 0 saturated heterocycles. The lowest BCUT2D eigenvalue weighted by Crippen LogP contribution is -2.51. The van der Waals surface area contributed by atoms with Gasteiger partial charge in [-0.2, -0.15) is 0 Å². The van der Waals surface area contributed by atoms with Gasteiger partial charge < -0.3 is 5.32 Å². The Morgan fingerprint density at radius 2 is 1.56 bits per heavy atom. The summed E-state index contributed by atoms with van der Waals surface area (Å²) in [7, 11) is 2.31. The summed E-state index contributed by atoms with van der Waals surface area (Å²) in [5, 5.41) is 3.76. The lowest BCUT2D eigenvalue weighted by molar-refractivity contribution is 0.131. The van der Waals surface area contributed by atoms with E-state index in [0.717, 1.165) is 6.54 Å². The van der Waals surface area contributed by atoms with Crippen molar-refractivity contribution < 1.29 is 0 Å². The van der Waals surface area contributed by atoms with Crippen molar-refractivity contribution in [1.29, 1.82) is 0 Å². The summed E-state index contributed by atoms with van der Waals surface area (Å²) in [6.07, 6.45) is 7.62.